The number of carbonyl (C=O) groups is 1. The molecule has 31 heavy (non-hydrogen) atoms. The van der Waals surface area contributed by atoms with E-state index in [1.54, 1.807) is 0 Å². The molecule has 0 aliphatic heterocycles. The van der Waals surface area contributed by atoms with Crippen molar-refractivity contribution < 1.29 is 9.21 Å². The minimum atomic E-state index is 0.0650. The van der Waals surface area contributed by atoms with Crippen LogP contribution >= 0.6 is 0 Å². The molecule has 0 bridgehead atoms. The van der Waals surface area contributed by atoms with Crippen LogP contribution in [0.15, 0.2) is 47.0 Å². The molecule has 1 amide bonds. The highest BCUT2D eigenvalue weighted by atomic mass is 16.3. The molecule has 2 aromatic carbocycles. The zero-order chi connectivity index (χ0) is 21.8. The molecule has 0 aliphatic carbocycles. The molecule has 4 rings (SSSR count). The van der Waals surface area contributed by atoms with Crippen molar-refractivity contribution in [1.29, 1.82) is 0 Å². The van der Waals surface area contributed by atoms with Gasteiger partial charge in [-0.1, -0.05) is 19.4 Å². The topological polar surface area (TPSA) is 72.1 Å². The summed E-state index contributed by atoms with van der Waals surface area (Å²) in [5.41, 5.74) is 5.26. The summed E-state index contributed by atoms with van der Waals surface area (Å²) in [7, 11) is 1.96. The summed E-state index contributed by atoms with van der Waals surface area (Å²) < 4.78 is 7.83. The molecule has 2 N–H and O–H groups in total. The summed E-state index contributed by atoms with van der Waals surface area (Å²) in [6.45, 7) is 5.74. The van der Waals surface area contributed by atoms with E-state index >= 15 is 0 Å². The second kappa shape index (κ2) is 9.35. The molecule has 6 nitrogen and oxygen atoms in total. The van der Waals surface area contributed by atoms with Gasteiger partial charge in [0.05, 0.1) is 11.7 Å². The van der Waals surface area contributed by atoms with Crippen molar-refractivity contribution in [3.05, 3.63) is 59.5 Å². The number of nitrogens with one attached hydrogen (secondary N) is 2. The molecule has 4 aromatic rings. The molecule has 0 spiro atoms. The van der Waals surface area contributed by atoms with E-state index in [-0.39, 0.29) is 5.91 Å². The summed E-state index contributed by atoms with van der Waals surface area (Å²) in [5.74, 6) is 0.998. The molecule has 2 heterocycles. The predicted molar refractivity (Wildman–Crippen MR) is 125 cm³/mol. The molecule has 0 unspecified atom stereocenters. The van der Waals surface area contributed by atoms with Crippen LogP contribution in [0.2, 0.25) is 0 Å². The first-order valence-corrected chi connectivity index (χ1v) is 11.0. The van der Waals surface area contributed by atoms with Crippen LogP contribution in [-0.2, 0) is 24.8 Å². The molecule has 0 saturated heterocycles. The summed E-state index contributed by atoms with van der Waals surface area (Å²) in [5, 5.41) is 13.1. The normalized spacial score (nSPS) is 11.5. The zero-order valence-electron chi connectivity index (χ0n) is 18.5. The number of hydrogen-bond acceptors (Lipinski definition) is 4. The predicted octanol–water partition coefficient (Wildman–Crippen LogP) is 5.09. The van der Waals surface area contributed by atoms with Gasteiger partial charge in [-0.25, -0.2) is 0 Å². The molecule has 0 saturated carbocycles. The number of hydrogen-bond donors (Lipinski definition) is 2. The molecular formula is C25H30N4O2. The molecular weight excluding hydrogens is 388 g/mol. The van der Waals surface area contributed by atoms with Gasteiger partial charge in [-0.05, 0) is 62.2 Å². The largest absolute Gasteiger partial charge is 0.461 e. The van der Waals surface area contributed by atoms with Crippen LogP contribution in [0.3, 0.4) is 0 Å². The van der Waals surface area contributed by atoms with Crippen molar-refractivity contribution in [3.63, 3.8) is 0 Å². The molecule has 162 valence electrons. The van der Waals surface area contributed by atoms with Crippen molar-refractivity contribution in [2.24, 2.45) is 7.05 Å². The average Bonchev–Trinajstić information content (AvgIpc) is 3.28. The number of aromatic nitrogens is 2. The van der Waals surface area contributed by atoms with Gasteiger partial charge >= 0.3 is 0 Å². The fourth-order valence-electron chi connectivity index (χ4n) is 3.99. The fraction of sp³-hybridized carbons (Fsp3) is 0.360. The van der Waals surface area contributed by atoms with Gasteiger partial charge in [0.25, 0.3) is 0 Å². The molecule has 0 aliphatic rings. The second-order valence-electron chi connectivity index (χ2n) is 8.09. The lowest BCUT2D eigenvalue weighted by Gasteiger charge is -2.07. The maximum absolute atomic E-state index is 12.1. The Morgan fingerprint density at radius 1 is 1.19 bits per heavy atom. The van der Waals surface area contributed by atoms with Gasteiger partial charge in [-0.2, -0.15) is 5.10 Å². The Balaban J connectivity index is 1.39. The summed E-state index contributed by atoms with van der Waals surface area (Å²) in [6.07, 6.45) is 5.24. The van der Waals surface area contributed by atoms with Gasteiger partial charge < -0.3 is 15.1 Å². The van der Waals surface area contributed by atoms with E-state index in [9.17, 15) is 4.79 Å². The van der Waals surface area contributed by atoms with Gasteiger partial charge in [-0.3, -0.25) is 9.48 Å². The minimum absolute atomic E-state index is 0.0650. The number of carbonyl (C=O) groups excluding carboxylic acids is 1. The molecule has 0 fully saturated rings. The van der Waals surface area contributed by atoms with Gasteiger partial charge in [0.15, 0.2) is 0 Å². The molecule has 2 aromatic heterocycles. The highest BCUT2D eigenvalue weighted by Gasteiger charge is 2.12. The van der Waals surface area contributed by atoms with Crippen LogP contribution in [0, 0.1) is 6.92 Å². The maximum atomic E-state index is 12.1. The number of rotatable bonds is 9. The van der Waals surface area contributed by atoms with Gasteiger partial charge in [0.2, 0.25) is 5.91 Å². The standard InChI is InChI=1S/C25H30N4O2/c1-4-5-6-25(30)28-20-8-10-24-22(14-20)21(17(2)31-24)11-12-26-15-18-7-9-23-19(13-18)16-27-29(23)3/h7-10,13-14,16,26H,4-6,11-12,15H2,1-3H3,(H,28,30). The van der Waals surface area contributed by atoms with Crippen molar-refractivity contribution in [2.45, 2.75) is 46.1 Å². The first-order valence-electron chi connectivity index (χ1n) is 11.0. The Morgan fingerprint density at radius 2 is 2.06 bits per heavy atom. The van der Waals surface area contributed by atoms with Gasteiger partial charge in [-0.15, -0.1) is 0 Å². The second-order valence-corrected chi connectivity index (χ2v) is 8.09. The highest BCUT2D eigenvalue weighted by Crippen LogP contribution is 2.28. The number of nitrogens with zero attached hydrogens (tertiary/aromatic N) is 2. The Morgan fingerprint density at radius 3 is 2.90 bits per heavy atom. The van der Waals surface area contributed by atoms with E-state index < -0.39 is 0 Å². The van der Waals surface area contributed by atoms with Crippen LogP contribution < -0.4 is 10.6 Å². The van der Waals surface area contributed by atoms with E-state index in [1.165, 1.54) is 11.1 Å². The zero-order valence-corrected chi connectivity index (χ0v) is 18.5. The van der Waals surface area contributed by atoms with Crippen molar-refractivity contribution in [2.75, 3.05) is 11.9 Å². The summed E-state index contributed by atoms with van der Waals surface area (Å²) in [6, 6.07) is 12.3. The van der Waals surface area contributed by atoms with E-state index in [4.69, 9.17) is 4.42 Å². The summed E-state index contributed by atoms with van der Waals surface area (Å²) >= 11 is 0. The van der Waals surface area contributed by atoms with E-state index in [1.807, 2.05) is 43.0 Å². The monoisotopic (exact) mass is 418 g/mol. The van der Waals surface area contributed by atoms with Crippen molar-refractivity contribution in [1.82, 2.24) is 15.1 Å². The maximum Gasteiger partial charge on any atom is 0.224 e. The van der Waals surface area contributed by atoms with Crippen LogP contribution in [0.1, 0.15) is 43.1 Å². The van der Waals surface area contributed by atoms with Crippen LogP contribution in [0.25, 0.3) is 21.9 Å². The summed E-state index contributed by atoms with van der Waals surface area (Å²) in [4.78, 5) is 12.1. The molecule has 0 atom stereocenters. The SMILES string of the molecule is CCCCC(=O)Nc1ccc2oc(C)c(CCNCc3ccc4c(cnn4C)c3)c2c1. The molecule has 6 heteroatoms. The third-order valence-corrected chi connectivity index (χ3v) is 5.73. The number of furan rings is 1. The average molecular weight is 419 g/mol. The van der Waals surface area contributed by atoms with Crippen LogP contribution in [-0.4, -0.2) is 22.2 Å². The number of amides is 1. The lowest BCUT2D eigenvalue weighted by Crippen LogP contribution is -2.16. The van der Waals surface area contributed by atoms with Crippen molar-refractivity contribution >= 4 is 33.5 Å². The van der Waals surface area contributed by atoms with Gasteiger partial charge in [0, 0.05) is 42.0 Å². The first kappa shape index (κ1) is 21.1. The Kier molecular flexibility index (Phi) is 6.37. The molecule has 0 radical (unpaired) electrons. The number of unbranched alkanes of at least 4 members (excludes halogenated alkanes) is 1. The first-order chi connectivity index (χ1) is 15.0. The highest BCUT2D eigenvalue weighted by molar-refractivity contribution is 5.94. The van der Waals surface area contributed by atoms with E-state index in [0.29, 0.717) is 6.42 Å². The number of anilines is 1. The van der Waals surface area contributed by atoms with Crippen LogP contribution in [0.4, 0.5) is 5.69 Å². The third kappa shape index (κ3) is 4.80. The van der Waals surface area contributed by atoms with E-state index in [0.717, 1.165) is 65.7 Å². The lowest BCUT2D eigenvalue weighted by molar-refractivity contribution is -0.116. The Bertz CT molecular complexity index is 1210. The number of benzene rings is 2. The van der Waals surface area contributed by atoms with Crippen molar-refractivity contribution in [3.8, 4) is 0 Å². The lowest BCUT2D eigenvalue weighted by atomic mass is 10.1. The smallest absolute Gasteiger partial charge is 0.224 e. The Hall–Kier alpha value is -3.12. The number of fused-ring (bicyclic) bond motifs is 2. The number of aryl methyl sites for hydroxylation is 2. The van der Waals surface area contributed by atoms with E-state index in [2.05, 4.69) is 40.9 Å². The fourth-order valence-corrected chi connectivity index (χ4v) is 3.99. The Labute approximate surface area is 182 Å². The third-order valence-electron chi connectivity index (χ3n) is 5.73. The van der Waals surface area contributed by atoms with Crippen LogP contribution in [0.5, 0.6) is 0 Å². The minimum Gasteiger partial charge on any atom is -0.461 e. The quantitative estimate of drug-likeness (QED) is 0.372. The van der Waals surface area contributed by atoms with Gasteiger partial charge in [0.1, 0.15) is 11.3 Å².